The van der Waals surface area contributed by atoms with E-state index in [-0.39, 0.29) is 35.8 Å². The number of urea groups is 1. The molecule has 124 valence electrons. The highest BCUT2D eigenvalue weighted by atomic mass is 19.1. The summed E-state index contributed by atoms with van der Waals surface area (Å²) >= 11 is 0. The topological polar surface area (TPSA) is 78.4 Å². The van der Waals surface area contributed by atoms with Crippen LogP contribution in [0.5, 0.6) is 0 Å². The van der Waals surface area contributed by atoms with Crippen molar-refractivity contribution in [2.24, 2.45) is 5.92 Å². The van der Waals surface area contributed by atoms with Crippen LogP contribution >= 0.6 is 0 Å². The number of benzene rings is 1. The lowest BCUT2D eigenvalue weighted by Gasteiger charge is -2.26. The largest absolute Gasteiger partial charge is 0.481 e. The average Bonchev–Trinajstić information content (AvgIpc) is 3.27. The maximum atomic E-state index is 13.7. The summed E-state index contributed by atoms with van der Waals surface area (Å²) in [7, 11) is 0. The van der Waals surface area contributed by atoms with E-state index in [1.165, 1.54) is 6.07 Å². The molecule has 0 radical (unpaired) electrons. The minimum absolute atomic E-state index is 0.0243. The summed E-state index contributed by atoms with van der Waals surface area (Å²) in [5.74, 6) is -1.22. The molecule has 0 spiro atoms. The summed E-state index contributed by atoms with van der Waals surface area (Å²) in [4.78, 5) is 22.9. The number of carboxylic acid groups (broad SMARTS) is 1. The smallest absolute Gasteiger partial charge is 0.315 e. The fourth-order valence-electron chi connectivity index (χ4n) is 3.35. The van der Waals surface area contributed by atoms with E-state index in [9.17, 15) is 14.0 Å². The van der Waals surface area contributed by atoms with Gasteiger partial charge in [-0.05, 0) is 43.7 Å². The van der Waals surface area contributed by atoms with Crippen molar-refractivity contribution < 1.29 is 19.1 Å². The predicted octanol–water partition coefficient (Wildman–Crippen LogP) is 2.62. The number of carbonyl (C=O) groups is 2. The van der Waals surface area contributed by atoms with E-state index in [0.717, 1.165) is 6.42 Å². The van der Waals surface area contributed by atoms with Gasteiger partial charge in [0.05, 0.1) is 5.92 Å². The summed E-state index contributed by atoms with van der Waals surface area (Å²) in [5, 5.41) is 14.7. The highest BCUT2D eigenvalue weighted by Gasteiger charge is 2.41. The zero-order chi connectivity index (χ0) is 16.4. The van der Waals surface area contributed by atoms with Crippen molar-refractivity contribution in [1.29, 1.82) is 0 Å². The van der Waals surface area contributed by atoms with E-state index in [0.29, 0.717) is 31.2 Å². The molecule has 0 unspecified atom stereocenters. The van der Waals surface area contributed by atoms with Crippen LogP contribution in [0.2, 0.25) is 0 Å². The number of rotatable bonds is 4. The number of carboxylic acids is 1. The van der Waals surface area contributed by atoms with Gasteiger partial charge in [0.2, 0.25) is 0 Å². The molecule has 2 saturated carbocycles. The number of aliphatic carboxylic acids is 1. The molecule has 0 bridgehead atoms. The SMILES string of the molecule is O=C(NC1CCC(C(=O)O)CC1)N[C@@H]1C[C@H]1c1ccccc1F. The van der Waals surface area contributed by atoms with Crippen LogP contribution in [-0.2, 0) is 4.79 Å². The van der Waals surface area contributed by atoms with Crippen LogP contribution in [0.15, 0.2) is 24.3 Å². The van der Waals surface area contributed by atoms with Crippen LogP contribution in [0, 0.1) is 11.7 Å². The molecule has 2 amide bonds. The number of carbonyl (C=O) groups excluding carboxylic acids is 1. The Morgan fingerprint density at radius 3 is 2.43 bits per heavy atom. The Morgan fingerprint density at radius 2 is 1.78 bits per heavy atom. The first-order chi connectivity index (χ1) is 11.0. The molecule has 3 N–H and O–H groups in total. The molecule has 23 heavy (non-hydrogen) atoms. The molecule has 6 heteroatoms. The first-order valence-corrected chi connectivity index (χ1v) is 8.09. The summed E-state index contributed by atoms with van der Waals surface area (Å²) in [6.07, 6.45) is 3.32. The van der Waals surface area contributed by atoms with E-state index in [1.807, 2.05) is 0 Å². The molecule has 5 nitrogen and oxygen atoms in total. The predicted molar refractivity (Wildman–Crippen MR) is 82.6 cm³/mol. The van der Waals surface area contributed by atoms with Crippen LogP contribution in [0.25, 0.3) is 0 Å². The molecule has 2 fully saturated rings. The molecule has 1 aromatic carbocycles. The van der Waals surface area contributed by atoms with Crippen LogP contribution < -0.4 is 10.6 Å². The second-order valence-electron chi connectivity index (χ2n) is 6.47. The zero-order valence-electron chi connectivity index (χ0n) is 12.8. The van der Waals surface area contributed by atoms with Crippen LogP contribution in [0.4, 0.5) is 9.18 Å². The van der Waals surface area contributed by atoms with Crippen molar-refractivity contribution in [2.75, 3.05) is 0 Å². The normalized spacial score (nSPS) is 29.6. The number of hydrogen-bond acceptors (Lipinski definition) is 2. The van der Waals surface area contributed by atoms with Gasteiger partial charge in [0.25, 0.3) is 0 Å². The van der Waals surface area contributed by atoms with E-state index in [2.05, 4.69) is 10.6 Å². The third-order valence-corrected chi connectivity index (χ3v) is 4.82. The van der Waals surface area contributed by atoms with Crippen molar-refractivity contribution in [3.63, 3.8) is 0 Å². The molecular formula is C17H21FN2O3. The lowest BCUT2D eigenvalue weighted by atomic mass is 9.86. The van der Waals surface area contributed by atoms with Crippen molar-refractivity contribution in [3.05, 3.63) is 35.6 Å². The number of amides is 2. The molecule has 0 aliphatic heterocycles. The third kappa shape index (κ3) is 3.81. The molecule has 1 aromatic rings. The summed E-state index contributed by atoms with van der Waals surface area (Å²) < 4.78 is 13.7. The fraction of sp³-hybridized carbons (Fsp3) is 0.529. The molecule has 0 aromatic heterocycles. The van der Waals surface area contributed by atoms with Gasteiger partial charge in [0, 0.05) is 18.0 Å². The molecule has 2 aliphatic carbocycles. The van der Waals surface area contributed by atoms with Crippen molar-refractivity contribution >= 4 is 12.0 Å². The van der Waals surface area contributed by atoms with E-state index in [4.69, 9.17) is 5.11 Å². The Hall–Kier alpha value is -2.11. The van der Waals surface area contributed by atoms with Gasteiger partial charge in [0.1, 0.15) is 5.82 Å². The fourth-order valence-corrected chi connectivity index (χ4v) is 3.35. The van der Waals surface area contributed by atoms with Gasteiger partial charge in [-0.2, -0.15) is 0 Å². The van der Waals surface area contributed by atoms with Crippen LogP contribution in [0.3, 0.4) is 0 Å². The molecule has 2 atom stereocenters. The van der Waals surface area contributed by atoms with Gasteiger partial charge in [-0.3, -0.25) is 4.79 Å². The maximum Gasteiger partial charge on any atom is 0.315 e. The molecule has 0 heterocycles. The Balaban J connectivity index is 1.43. The Kier molecular flexibility index (Phi) is 4.50. The van der Waals surface area contributed by atoms with Gasteiger partial charge in [-0.25, -0.2) is 9.18 Å². The van der Waals surface area contributed by atoms with Crippen LogP contribution in [0.1, 0.15) is 43.6 Å². The van der Waals surface area contributed by atoms with Gasteiger partial charge in [0.15, 0.2) is 0 Å². The highest BCUT2D eigenvalue weighted by molar-refractivity contribution is 5.75. The third-order valence-electron chi connectivity index (χ3n) is 4.82. The zero-order valence-corrected chi connectivity index (χ0v) is 12.8. The van der Waals surface area contributed by atoms with Gasteiger partial charge in [-0.15, -0.1) is 0 Å². The standard InChI is InChI=1S/C17H21FN2O3/c18-14-4-2-1-3-12(14)13-9-15(13)20-17(23)19-11-7-5-10(6-8-11)16(21)22/h1-4,10-11,13,15H,5-9H2,(H,21,22)(H2,19,20,23)/t10?,11?,13-,15+/m0/s1. The first kappa shape index (κ1) is 15.8. The monoisotopic (exact) mass is 320 g/mol. The second kappa shape index (κ2) is 6.56. The number of halogens is 1. The minimum Gasteiger partial charge on any atom is -0.481 e. The van der Waals surface area contributed by atoms with Gasteiger partial charge >= 0.3 is 12.0 Å². The number of nitrogens with one attached hydrogen (secondary N) is 2. The molecule has 3 rings (SSSR count). The quantitative estimate of drug-likeness (QED) is 0.798. The molecule has 2 aliphatic rings. The highest BCUT2D eigenvalue weighted by Crippen LogP contribution is 2.41. The van der Waals surface area contributed by atoms with E-state index in [1.54, 1.807) is 18.2 Å². The lowest BCUT2D eigenvalue weighted by Crippen LogP contribution is -2.45. The maximum absolute atomic E-state index is 13.7. The lowest BCUT2D eigenvalue weighted by molar-refractivity contribution is -0.142. The summed E-state index contributed by atoms with van der Waals surface area (Å²) in [5.41, 5.74) is 0.653. The minimum atomic E-state index is -0.751. The summed E-state index contributed by atoms with van der Waals surface area (Å²) in [6.45, 7) is 0. The molecular weight excluding hydrogens is 299 g/mol. The van der Waals surface area contributed by atoms with Crippen LogP contribution in [-0.4, -0.2) is 29.2 Å². The number of hydrogen-bond donors (Lipinski definition) is 3. The Morgan fingerprint density at radius 1 is 1.09 bits per heavy atom. The Bertz CT molecular complexity index is 599. The van der Waals surface area contributed by atoms with Crippen molar-refractivity contribution in [2.45, 2.75) is 50.1 Å². The van der Waals surface area contributed by atoms with Gasteiger partial charge < -0.3 is 15.7 Å². The molecule has 0 saturated heterocycles. The average molecular weight is 320 g/mol. The van der Waals surface area contributed by atoms with Gasteiger partial charge in [-0.1, -0.05) is 18.2 Å². The van der Waals surface area contributed by atoms with Crippen molar-refractivity contribution in [1.82, 2.24) is 10.6 Å². The van der Waals surface area contributed by atoms with E-state index >= 15 is 0 Å². The Labute approximate surface area is 134 Å². The van der Waals surface area contributed by atoms with E-state index < -0.39 is 5.97 Å². The summed E-state index contributed by atoms with van der Waals surface area (Å²) in [6, 6.07) is 6.41. The first-order valence-electron chi connectivity index (χ1n) is 8.09. The van der Waals surface area contributed by atoms with Crippen molar-refractivity contribution in [3.8, 4) is 0 Å². The second-order valence-corrected chi connectivity index (χ2v) is 6.47.